The van der Waals surface area contributed by atoms with Crippen molar-refractivity contribution < 1.29 is 24.6 Å². The SMILES string of the molecule is O=[N+]([O-])c1cc([N+](=O)[O-])c(O)c([N+](=O)[O-])c1.c1ccc(CC2=NCCO2)cc1. The van der Waals surface area contributed by atoms with Gasteiger partial charge in [-0.1, -0.05) is 30.3 Å². The van der Waals surface area contributed by atoms with Crippen molar-refractivity contribution in [2.24, 2.45) is 4.99 Å². The van der Waals surface area contributed by atoms with Gasteiger partial charge in [0, 0.05) is 6.42 Å². The maximum atomic E-state index is 10.4. The topological polar surface area (TPSA) is 171 Å². The highest BCUT2D eigenvalue weighted by Crippen LogP contribution is 2.38. The third-order valence-electron chi connectivity index (χ3n) is 3.50. The maximum Gasteiger partial charge on any atom is 0.324 e. The van der Waals surface area contributed by atoms with E-state index in [0.717, 1.165) is 25.5 Å². The number of hydrogen-bond acceptors (Lipinski definition) is 9. The Morgan fingerprint density at radius 1 is 0.964 bits per heavy atom. The van der Waals surface area contributed by atoms with Gasteiger partial charge in [0.1, 0.15) is 6.61 Å². The van der Waals surface area contributed by atoms with Gasteiger partial charge < -0.3 is 9.84 Å². The van der Waals surface area contributed by atoms with E-state index in [1.807, 2.05) is 18.2 Å². The lowest BCUT2D eigenvalue weighted by Crippen LogP contribution is -2.02. The van der Waals surface area contributed by atoms with Crippen LogP contribution < -0.4 is 0 Å². The molecule has 12 heteroatoms. The summed E-state index contributed by atoms with van der Waals surface area (Å²) in [7, 11) is 0. The molecule has 0 saturated heterocycles. The van der Waals surface area contributed by atoms with Crippen LogP contribution >= 0.6 is 0 Å². The van der Waals surface area contributed by atoms with Gasteiger partial charge in [0.05, 0.1) is 33.4 Å². The first-order chi connectivity index (χ1) is 13.3. The standard InChI is InChI=1S/C10H11NO.C6H3N3O7/c1-2-4-9(5-3-1)8-10-11-6-7-12-10;10-6-4(8(13)14)1-3(7(11)12)2-5(6)9(15)16/h1-5H,6-8H2;1-2,10H. The van der Waals surface area contributed by atoms with Crippen LogP contribution in [0.5, 0.6) is 5.75 Å². The Morgan fingerprint density at radius 3 is 1.96 bits per heavy atom. The zero-order chi connectivity index (χ0) is 20.7. The summed E-state index contributed by atoms with van der Waals surface area (Å²) < 4.78 is 5.31. The van der Waals surface area contributed by atoms with Crippen LogP contribution in [0.2, 0.25) is 0 Å². The van der Waals surface area contributed by atoms with Gasteiger partial charge in [0.2, 0.25) is 0 Å². The molecule has 0 unspecified atom stereocenters. The lowest BCUT2D eigenvalue weighted by atomic mass is 10.1. The third kappa shape index (κ3) is 5.20. The van der Waals surface area contributed by atoms with Crippen LogP contribution in [0.1, 0.15) is 5.56 Å². The molecule has 0 fully saturated rings. The number of aliphatic imine (C=N–C) groups is 1. The van der Waals surface area contributed by atoms with Crippen LogP contribution in [0.3, 0.4) is 0 Å². The summed E-state index contributed by atoms with van der Waals surface area (Å²) in [5.74, 6) is -0.332. The predicted molar refractivity (Wildman–Crippen MR) is 96.5 cm³/mol. The Morgan fingerprint density at radius 2 is 1.54 bits per heavy atom. The fraction of sp³-hybridized carbons (Fsp3) is 0.188. The summed E-state index contributed by atoms with van der Waals surface area (Å²) in [5, 5.41) is 40.2. The number of rotatable bonds is 5. The molecule has 0 amide bonds. The number of nitrogens with zero attached hydrogens (tertiary/aromatic N) is 4. The van der Waals surface area contributed by atoms with E-state index in [0.29, 0.717) is 12.1 Å². The molecule has 2 aromatic rings. The maximum absolute atomic E-state index is 10.4. The second kappa shape index (κ2) is 9.02. The molecular formula is C16H14N4O8. The van der Waals surface area contributed by atoms with Gasteiger partial charge >= 0.3 is 11.4 Å². The highest BCUT2D eigenvalue weighted by Gasteiger charge is 2.30. The van der Waals surface area contributed by atoms with E-state index in [9.17, 15) is 30.3 Å². The smallest absolute Gasteiger partial charge is 0.324 e. The molecule has 0 saturated carbocycles. The van der Waals surface area contributed by atoms with Gasteiger partial charge in [0.25, 0.3) is 11.4 Å². The van der Waals surface area contributed by atoms with Crippen molar-refractivity contribution >= 4 is 23.0 Å². The number of non-ortho nitro benzene ring substituents is 1. The van der Waals surface area contributed by atoms with E-state index >= 15 is 0 Å². The first kappa shape index (κ1) is 20.2. The van der Waals surface area contributed by atoms with Gasteiger partial charge in [-0.3, -0.25) is 35.3 Å². The molecule has 1 aliphatic rings. The van der Waals surface area contributed by atoms with Crippen molar-refractivity contribution in [2.75, 3.05) is 13.2 Å². The van der Waals surface area contributed by atoms with E-state index in [1.165, 1.54) is 5.56 Å². The molecule has 0 aromatic heterocycles. The fourth-order valence-corrected chi connectivity index (χ4v) is 2.23. The normalized spacial score (nSPS) is 12.2. The van der Waals surface area contributed by atoms with Crippen LogP contribution in [0.15, 0.2) is 47.5 Å². The van der Waals surface area contributed by atoms with Crippen LogP contribution in [0.25, 0.3) is 0 Å². The summed E-state index contributed by atoms with van der Waals surface area (Å²) in [6, 6.07) is 11.1. The number of phenols is 1. The lowest BCUT2D eigenvalue weighted by molar-refractivity contribution is -0.404. The monoisotopic (exact) mass is 390 g/mol. The number of hydrogen-bond donors (Lipinski definition) is 1. The number of aromatic hydroxyl groups is 1. The third-order valence-corrected chi connectivity index (χ3v) is 3.50. The Kier molecular flexibility index (Phi) is 6.52. The van der Waals surface area contributed by atoms with Crippen LogP contribution in [-0.2, 0) is 11.2 Å². The second-order valence-corrected chi connectivity index (χ2v) is 5.39. The first-order valence-electron chi connectivity index (χ1n) is 7.79. The molecule has 0 radical (unpaired) electrons. The van der Waals surface area contributed by atoms with E-state index in [-0.39, 0.29) is 0 Å². The number of benzene rings is 2. The molecule has 3 rings (SSSR count). The van der Waals surface area contributed by atoms with Crippen molar-refractivity contribution in [2.45, 2.75) is 6.42 Å². The molecule has 1 heterocycles. The molecule has 0 aliphatic carbocycles. The number of nitro groups is 3. The van der Waals surface area contributed by atoms with E-state index in [4.69, 9.17) is 9.84 Å². The Hall–Kier alpha value is -4.09. The highest BCUT2D eigenvalue weighted by molar-refractivity contribution is 5.79. The average Bonchev–Trinajstić information content (AvgIpc) is 3.15. The number of ether oxygens (including phenoxy) is 1. The summed E-state index contributed by atoms with van der Waals surface area (Å²) in [4.78, 5) is 32.0. The summed E-state index contributed by atoms with van der Waals surface area (Å²) in [6.45, 7) is 1.57. The minimum atomic E-state index is -1.21. The molecule has 12 nitrogen and oxygen atoms in total. The van der Waals surface area contributed by atoms with Gasteiger partial charge in [0.15, 0.2) is 5.90 Å². The van der Waals surface area contributed by atoms with Crippen LogP contribution in [0, 0.1) is 30.3 Å². The number of nitro benzene ring substituents is 3. The molecule has 1 N–H and O–H groups in total. The summed E-state index contributed by atoms with van der Waals surface area (Å²) >= 11 is 0. The Bertz CT molecular complexity index is 894. The van der Waals surface area contributed by atoms with Crippen molar-refractivity contribution in [1.82, 2.24) is 0 Å². The van der Waals surface area contributed by atoms with Gasteiger partial charge in [-0.15, -0.1) is 0 Å². The lowest BCUT2D eigenvalue weighted by Gasteiger charge is -2.00. The van der Waals surface area contributed by atoms with E-state index in [2.05, 4.69) is 17.1 Å². The molecule has 0 spiro atoms. The Labute approximate surface area is 157 Å². The summed E-state index contributed by atoms with van der Waals surface area (Å²) in [6.07, 6.45) is 0.834. The molecule has 0 bridgehead atoms. The van der Waals surface area contributed by atoms with E-state index in [1.54, 1.807) is 0 Å². The van der Waals surface area contributed by atoms with Gasteiger partial charge in [-0.05, 0) is 5.56 Å². The fourth-order valence-electron chi connectivity index (χ4n) is 2.23. The minimum absolute atomic E-state index is 0.447. The largest absolute Gasteiger partial charge is 0.497 e. The second-order valence-electron chi connectivity index (χ2n) is 5.39. The molecule has 1 aliphatic heterocycles. The van der Waals surface area contributed by atoms with Gasteiger partial charge in [-0.25, -0.2) is 0 Å². The Balaban J connectivity index is 0.000000207. The number of phenolic OH excluding ortho intramolecular Hbond substituents is 1. The molecule has 0 atom stereocenters. The minimum Gasteiger partial charge on any atom is -0.497 e. The zero-order valence-electron chi connectivity index (χ0n) is 14.3. The van der Waals surface area contributed by atoms with Crippen molar-refractivity contribution in [3.63, 3.8) is 0 Å². The van der Waals surface area contributed by atoms with Crippen LogP contribution in [0.4, 0.5) is 17.1 Å². The molecular weight excluding hydrogens is 376 g/mol. The highest BCUT2D eigenvalue weighted by atomic mass is 16.6. The quantitative estimate of drug-likeness (QED) is 0.599. The molecule has 28 heavy (non-hydrogen) atoms. The van der Waals surface area contributed by atoms with Gasteiger partial charge in [-0.2, -0.15) is 0 Å². The molecule has 2 aromatic carbocycles. The summed E-state index contributed by atoms with van der Waals surface area (Å²) in [5.41, 5.74) is -1.74. The van der Waals surface area contributed by atoms with Crippen molar-refractivity contribution in [1.29, 1.82) is 0 Å². The molecule has 146 valence electrons. The van der Waals surface area contributed by atoms with Crippen LogP contribution in [-0.4, -0.2) is 38.9 Å². The van der Waals surface area contributed by atoms with E-state index < -0.39 is 37.6 Å². The average molecular weight is 390 g/mol. The van der Waals surface area contributed by atoms with Crippen molar-refractivity contribution in [3.8, 4) is 5.75 Å². The first-order valence-corrected chi connectivity index (χ1v) is 7.79. The zero-order valence-corrected chi connectivity index (χ0v) is 14.3. The predicted octanol–water partition coefficient (Wildman–Crippen LogP) is 2.77. The van der Waals surface area contributed by atoms with Crippen molar-refractivity contribution in [3.05, 3.63) is 78.4 Å².